The first-order valence-corrected chi connectivity index (χ1v) is 19.8. The minimum Gasteiger partial charge on any atom is -0.309 e. The highest BCUT2D eigenvalue weighted by atomic mass is 15.0. The fourth-order valence-corrected chi connectivity index (χ4v) is 9.02. The summed E-state index contributed by atoms with van der Waals surface area (Å²) in [5, 5.41) is 2.55. The van der Waals surface area contributed by atoms with Gasteiger partial charge in [-0.3, -0.25) is 0 Å². The van der Waals surface area contributed by atoms with E-state index in [2.05, 4.69) is 213 Å². The highest BCUT2D eigenvalue weighted by Crippen LogP contribution is 2.43. The molecule has 1 aromatic heterocycles. The van der Waals surface area contributed by atoms with Crippen molar-refractivity contribution in [1.82, 2.24) is 4.57 Å². The standard InChI is InChI=1S/C55H43N/c1-37-11-3-6-14-47(37)43-27-31-50-49-16-8-5-13-42(49)34-45(53(50)35-43)33-41-23-21-39(22-24-41)19-20-40-25-29-46(30-26-40)56-54-18-10-9-17-51(54)52-32-28-44(36-55(52)56)48-15-7-4-12-38(48)2/h3-32,35-36,45H,33-34H2,1-2H3/b20-19+. The molecule has 8 aromatic carbocycles. The van der Waals surface area contributed by atoms with E-state index in [0.29, 0.717) is 5.92 Å². The third kappa shape index (κ3) is 6.16. The van der Waals surface area contributed by atoms with Gasteiger partial charge in [-0.25, -0.2) is 0 Å². The molecule has 1 aliphatic rings. The Morgan fingerprint density at radius 2 is 1.05 bits per heavy atom. The smallest absolute Gasteiger partial charge is 0.0547 e. The topological polar surface area (TPSA) is 4.93 Å². The number of hydrogen-bond acceptors (Lipinski definition) is 0. The summed E-state index contributed by atoms with van der Waals surface area (Å²) in [6, 6.07) is 67.2. The number of aryl methyl sites for hydroxylation is 2. The molecule has 0 fully saturated rings. The minimum atomic E-state index is 0.423. The molecule has 1 heterocycles. The van der Waals surface area contributed by atoms with Crippen LogP contribution in [-0.2, 0) is 12.8 Å². The van der Waals surface area contributed by atoms with Crippen LogP contribution in [0.5, 0.6) is 0 Å². The van der Waals surface area contributed by atoms with Crippen molar-refractivity contribution in [2.75, 3.05) is 0 Å². The van der Waals surface area contributed by atoms with Crippen molar-refractivity contribution in [2.24, 2.45) is 0 Å². The summed E-state index contributed by atoms with van der Waals surface area (Å²) < 4.78 is 2.41. The van der Waals surface area contributed by atoms with Gasteiger partial charge in [0.1, 0.15) is 0 Å². The number of aromatic nitrogens is 1. The maximum Gasteiger partial charge on any atom is 0.0547 e. The van der Waals surface area contributed by atoms with Crippen molar-refractivity contribution >= 4 is 34.0 Å². The van der Waals surface area contributed by atoms with E-state index in [0.717, 1.165) is 18.5 Å². The van der Waals surface area contributed by atoms with Gasteiger partial charge in [0, 0.05) is 16.5 Å². The van der Waals surface area contributed by atoms with Crippen LogP contribution in [0.2, 0.25) is 0 Å². The van der Waals surface area contributed by atoms with Gasteiger partial charge in [0.2, 0.25) is 0 Å². The Labute approximate surface area is 329 Å². The molecule has 0 saturated carbocycles. The van der Waals surface area contributed by atoms with Crippen molar-refractivity contribution in [1.29, 1.82) is 0 Å². The predicted molar refractivity (Wildman–Crippen MR) is 239 cm³/mol. The molecule has 1 unspecified atom stereocenters. The highest BCUT2D eigenvalue weighted by Gasteiger charge is 2.25. The lowest BCUT2D eigenvalue weighted by Gasteiger charge is -2.29. The Morgan fingerprint density at radius 1 is 0.482 bits per heavy atom. The van der Waals surface area contributed by atoms with Crippen LogP contribution in [0.15, 0.2) is 182 Å². The van der Waals surface area contributed by atoms with E-state index in [1.54, 1.807) is 0 Å². The first-order valence-electron chi connectivity index (χ1n) is 19.8. The van der Waals surface area contributed by atoms with Gasteiger partial charge in [-0.15, -0.1) is 0 Å². The molecule has 0 aliphatic heterocycles. The second-order valence-corrected chi connectivity index (χ2v) is 15.4. The maximum atomic E-state index is 2.46. The molecule has 268 valence electrons. The van der Waals surface area contributed by atoms with Crippen molar-refractivity contribution < 1.29 is 0 Å². The molecule has 0 radical (unpaired) electrons. The lowest BCUT2D eigenvalue weighted by molar-refractivity contribution is 0.673. The van der Waals surface area contributed by atoms with Gasteiger partial charge in [-0.2, -0.15) is 0 Å². The first kappa shape index (κ1) is 33.8. The SMILES string of the molecule is Cc1ccccc1-c1ccc2c(c1)C(Cc1ccc(/C=C/c3ccc(-n4c5ccccc5c5ccc(-c6ccccc6C)cc54)cc3)cc1)Cc1ccccc1-2. The van der Waals surface area contributed by atoms with Crippen molar-refractivity contribution in [3.63, 3.8) is 0 Å². The molecule has 0 spiro atoms. The van der Waals surface area contributed by atoms with Gasteiger partial charge in [0.15, 0.2) is 0 Å². The van der Waals surface area contributed by atoms with Crippen molar-refractivity contribution in [2.45, 2.75) is 32.6 Å². The fraction of sp³-hybridized carbons (Fsp3) is 0.0909. The molecule has 56 heavy (non-hydrogen) atoms. The number of para-hydroxylation sites is 1. The predicted octanol–water partition coefficient (Wildman–Crippen LogP) is 14.5. The number of rotatable bonds is 7. The largest absolute Gasteiger partial charge is 0.309 e. The average molecular weight is 718 g/mol. The molecule has 1 aliphatic carbocycles. The molecule has 1 atom stereocenters. The van der Waals surface area contributed by atoms with E-state index in [4.69, 9.17) is 0 Å². The van der Waals surface area contributed by atoms with E-state index < -0.39 is 0 Å². The molecule has 1 nitrogen and oxygen atoms in total. The monoisotopic (exact) mass is 717 g/mol. The van der Waals surface area contributed by atoms with Crippen LogP contribution >= 0.6 is 0 Å². The van der Waals surface area contributed by atoms with Crippen LogP contribution in [-0.4, -0.2) is 4.57 Å². The Balaban J connectivity index is 0.902. The number of benzene rings is 8. The molecule has 9 aromatic rings. The van der Waals surface area contributed by atoms with Gasteiger partial charge in [0.05, 0.1) is 11.0 Å². The summed E-state index contributed by atoms with van der Waals surface area (Å²) >= 11 is 0. The van der Waals surface area contributed by atoms with Crippen LogP contribution in [0.3, 0.4) is 0 Å². The number of nitrogens with zero attached hydrogens (tertiary/aromatic N) is 1. The average Bonchev–Trinajstić information content (AvgIpc) is 3.57. The zero-order valence-electron chi connectivity index (χ0n) is 31.9. The normalized spacial score (nSPS) is 13.6. The zero-order chi connectivity index (χ0) is 37.6. The summed E-state index contributed by atoms with van der Waals surface area (Å²) in [6.45, 7) is 4.40. The third-order valence-corrected chi connectivity index (χ3v) is 11.9. The molecule has 0 bridgehead atoms. The Hall–Kier alpha value is -6.70. The lowest BCUT2D eigenvalue weighted by Crippen LogP contribution is -2.14. The van der Waals surface area contributed by atoms with Gasteiger partial charge in [0.25, 0.3) is 0 Å². The maximum absolute atomic E-state index is 2.46. The second-order valence-electron chi connectivity index (χ2n) is 15.4. The van der Waals surface area contributed by atoms with E-state index in [1.165, 1.54) is 94.1 Å². The summed E-state index contributed by atoms with van der Waals surface area (Å²) in [4.78, 5) is 0. The quantitative estimate of drug-likeness (QED) is 0.145. The third-order valence-electron chi connectivity index (χ3n) is 11.9. The van der Waals surface area contributed by atoms with Crippen LogP contribution in [0.25, 0.3) is 73.0 Å². The molecule has 0 saturated heterocycles. The summed E-state index contributed by atoms with van der Waals surface area (Å²) in [5.41, 5.74) is 20.8. The molecule has 1 heteroatoms. The first-order chi connectivity index (χ1) is 27.6. The molecular weight excluding hydrogens is 675 g/mol. The van der Waals surface area contributed by atoms with Gasteiger partial charge in [-0.1, -0.05) is 170 Å². The Kier molecular flexibility index (Phi) is 8.57. The summed E-state index contributed by atoms with van der Waals surface area (Å²) in [7, 11) is 0. The molecule has 0 amide bonds. The van der Waals surface area contributed by atoms with E-state index in [1.807, 2.05) is 0 Å². The van der Waals surface area contributed by atoms with Crippen molar-refractivity contribution in [3.05, 3.63) is 221 Å². The highest BCUT2D eigenvalue weighted by molar-refractivity contribution is 6.10. The van der Waals surface area contributed by atoms with Gasteiger partial charge < -0.3 is 4.57 Å². The van der Waals surface area contributed by atoms with E-state index in [-0.39, 0.29) is 0 Å². The Morgan fingerprint density at radius 3 is 1.77 bits per heavy atom. The van der Waals surface area contributed by atoms with Crippen molar-refractivity contribution in [3.8, 4) is 39.1 Å². The summed E-state index contributed by atoms with van der Waals surface area (Å²) in [6.07, 6.45) is 6.52. The molecule has 10 rings (SSSR count). The number of hydrogen-bond donors (Lipinski definition) is 0. The molecule has 0 N–H and O–H groups in total. The van der Waals surface area contributed by atoms with Crippen LogP contribution in [0, 0.1) is 13.8 Å². The minimum absolute atomic E-state index is 0.423. The van der Waals surface area contributed by atoms with Crippen LogP contribution < -0.4 is 0 Å². The van der Waals surface area contributed by atoms with E-state index >= 15 is 0 Å². The number of fused-ring (bicyclic) bond motifs is 6. The lowest BCUT2D eigenvalue weighted by atomic mass is 9.75. The van der Waals surface area contributed by atoms with Crippen LogP contribution in [0.4, 0.5) is 0 Å². The summed E-state index contributed by atoms with van der Waals surface area (Å²) in [5.74, 6) is 0.423. The fourth-order valence-electron chi connectivity index (χ4n) is 9.02. The zero-order valence-corrected chi connectivity index (χ0v) is 31.9. The Bertz CT molecular complexity index is 2920. The van der Waals surface area contributed by atoms with E-state index in [9.17, 15) is 0 Å². The molecular formula is C55H43N. The van der Waals surface area contributed by atoms with Crippen LogP contribution in [0.1, 0.15) is 44.9 Å². The second kappa shape index (κ2) is 14.2. The van der Waals surface area contributed by atoms with Gasteiger partial charge >= 0.3 is 0 Å². The van der Waals surface area contributed by atoms with Gasteiger partial charge in [-0.05, 0) is 129 Å².